The molecule has 2 aliphatic heterocycles. The van der Waals surface area contributed by atoms with Gasteiger partial charge in [0, 0.05) is 36.1 Å². The summed E-state index contributed by atoms with van der Waals surface area (Å²) < 4.78 is 7.90. The van der Waals surface area contributed by atoms with Crippen molar-refractivity contribution in [2.24, 2.45) is 0 Å². The number of aromatic nitrogens is 2. The highest BCUT2D eigenvalue weighted by Crippen LogP contribution is 2.35. The third kappa shape index (κ3) is 2.95. The average Bonchev–Trinajstić information content (AvgIpc) is 3.15. The Morgan fingerprint density at radius 2 is 2.22 bits per heavy atom. The Morgan fingerprint density at radius 3 is 3.09 bits per heavy atom. The highest BCUT2D eigenvalue weighted by molar-refractivity contribution is 7.99. The summed E-state index contributed by atoms with van der Waals surface area (Å²) in [7, 11) is 0. The van der Waals surface area contributed by atoms with Crippen LogP contribution in [0.15, 0.2) is 47.6 Å². The van der Waals surface area contributed by atoms with E-state index in [-0.39, 0.29) is 18.1 Å². The van der Waals surface area contributed by atoms with Gasteiger partial charge in [-0.05, 0) is 31.0 Å². The van der Waals surface area contributed by atoms with Gasteiger partial charge in [-0.15, -0.1) is 11.8 Å². The number of amides is 1. The zero-order chi connectivity index (χ0) is 15.6. The molecule has 4 rings (SSSR count). The summed E-state index contributed by atoms with van der Waals surface area (Å²) >= 11 is 1.70. The Bertz CT molecular complexity index is 689. The number of thioether (sulfide) groups is 1. The van der Waals surface area contributed by atoms with Gasteiger partial charge >= 0.3 is 0 Å². The van der Waals surface area contributed by atoms with Crippen LogP contribution in [0.25, 0.3) is 0 Å². The fourth-order valence-electron chi connectivity index (χ4n) is 3.21. The summed E-state index contributed by atoms with van der Waals surface area (Å²) in [6.45, 7) is 1.52. The van der Waals surface area contributed by atoms with Gasteiger partial charge in [-0.3, -0.25) is 9.48 Å². The summed E-state index contributed by atoms with van der Waals surface area (Å²) in [6.07, 6.45) is 5.45. The maximum atomic E-state index is 12.8. The number of para-hydroxylation sites is 1. The molecule has 2 atom stereocenters. The molecule has 6 heteroatoms. The molecular formula is C17H19N3O2S. The van der Waals surface area contributed by atoms with Crippen LogP contribution in [0.3, 0.4) is 0 Å². The second-order valence-corrected chi connectivity index (χ2v) is 6.99. The molecule has 0 radical (unpaired) electrons. The average molecular weight is 329 g/mol. The van der Waals surface area contributed by atoms with Crippen molar-refractivity contribution in [2.75, 3.05) is 18.8 Å². The van der Waals surface area contributed by atoms with Crippen LogP contribution in [0.2, 0.25) is 0 Å². The number of nitrogens with zero attached hydrogens (tertiary/aromatic N) is 3. The van der Waals surface area contributed by atoms with E-state index in [9.17, 15) is 4.79 Å². The first-order chi connectivity index (χ1) is 11.3. The number of piperidine rings is 1. The van der Waals surface area contributed by atoms with E-state index in [0.29, 0.717) is 12.3 Å². The molecule has 1 amide bonds. The molecule has 0 saturated carbocycles. The maximum absolute atomic E-state index is 12.8. The lowest BCUT2D eigenvalue weighted by Gasteiger charge is -2.36. The van der Waals surface area contributed by atoms with E-state index >= 15 is 0 Å². The van der Waals surface area contributed by atoms with E-state index in [0.717, 1.165) is 30.0 Å². The molecule has 1 aromatic heterocycles. The van der Waals surface area contributed by atoms with E-state index in [1.807, 2.05) is 46.1 Å². The van der Waals surface area contributed by atoms with E-state index < -0.39 is 0 Å². The Hall–Kier alpha value is -1.95. The number of likely N-dealkylation sites (tertiary alicyclic amines) is 1. The van der Waals surface area contributed by atoms with Crippen LogP contribution in [0.1, 0.15) is 18.9 Å². The first-order valence-electron chi connectivity index (χ1n) is 7.97. The molecule has 5 nitrogen and oxygen atoms in total. The third-order valence-corrected chi connectivity index (χ3v) is 5.51. The topological polar surface area (TPSA) is 47.4 Å². The van der Waals surface area contributed by atoms with Crippen LogP contribution in [0.5, 0.6) is 5.75 Å². The minimum Gasteiger partial charge on any atom is -0.479 e. The van der Waals surface area contributed by atoms with Gasteiger partial charge in [0.05, 0.1) is 6.04 Å². The molecular weight excluding hydrogens is 310 g/mol. The molecule has 120 valence electrons. The van der Waals surface area contributed by atoms with Gasteiger partial charge in [0.15, 0.2) is 6.10 Å². The number of benzene rings is 1. The molecule has 23 heavy (non-hydrogen) atoms. The Kier molecular flexibility index (Phi) is 3.99. The zero-order valence-electron chi connectivity index (χ0n) is 12.8. The fourth-order valence-corrected chi connectivity index (χ4v) is 4.19. The zero-order valence-corrected chi connectivity index (χ0v) is 13.6. The second-order valence-electron chi connectivity index (χ2n) is 5.93. The largest absolute Gasteiger partial charge is 0.479 e. The SMILES string of the molecule is O=C([C@H]1CSc2ccccc2O1)N1CCC[C@H](n2cccn2)C1. The number of rotatable bonds is 2. The van der Waals surface area contributed by atoms with E-state index in [1.54, 1.807) is 18.0 Å². The maximum Gasteiger partial charge on any atom is 0.264 e. The number of hydrogen-bond donors (Lipinski definition) is 0. The van der Waals surface area contributed by atoms with Crippen LogP contribution in [-0.4, -0.2) is 45.5 Å². The van der Waals surface area contributed by atoms with Gasteiger partial charge in [0.25, 0.3) is 5.91 Å². The van der Waals surface area contributed by atoms with Crippen molar-refractivity contribution in [1.29, 1.82) is 0 Å². The number of fused-ring (bicyclic) bond motifs is 1. The van der Waals surface area contributed by atoms with Gasteiger partial charge < -0.3 is 9.64 Å². The normalized spacial score (nSPS) is 23.9. The van der Waals surface area contributed by atoms with Gasteiger partial charge in [0.2, 0.25) is 0 Å². The molecule has 2 aromatic rings. The minimum absolute atomic E-state index is 0.101. The molecule has 2 aliphatic rings. The summed E-state index contributed by atoms with van der Waals surface area (Å²) in [6, 6.07) is 10.1. The Labute approximate surface area is 139 Å². The molecule has 3 heterocycles. The summed E-state index contributed by atoms with van der Waals surface area (Å²) in [5.74, 6) is 1.60. The van der Waals surface area contributed by atoms with Crippen LogP contribution >= 0.6 is 11.8 Å². The van der Waals surface area contributed by atoms with Crippen LogP contribution < -0.4 is 4.74 Å². The van der Waals surface area contributed by atoms with Crippen molar-refractivity contribution in [2.45, 2.75) is 29.9 Å². The molecule has 0 bridgehead atoms. The minimum atomic E-state index is -0.383. The van der Waals surface area contributed by atoms with Crippen molar-refractivity contribution in [3.63, 3.8) is 0 Å². The monoisotopic (exact) mass is 329 g/mol. The molecule has 1 aromatic carbocycles. The third-order valence-electron chi connectivity index (χ3n) is 4.39. The van der Waals surface area contributed by atoms with Crippen LogP contribution in [0, 0.1) is 0 Å². The van der Waals surface area contributed by atoms with E-state index in [1.165, 1.54) is 0 Å². The summed E-state index contributed by atoms with van der Waals surface area (Å²) in [5.41, 5.74) is 0. The van der Waals surface area contributed by atoms with Crippen LogP contribution in [-0.2, 0) is 4.79 Å². The lowest BCUT2D eigenvalue weighted by Crippen LogP contribution is -2.48. The Morgan fingerprint density at radius 1 is 1.30 bits per heavy atom. The predicted octanol–water partition coefficient (Wildman–Crippen LogP) is 2.60. The van der Waals surface area contributed by atoms with Gasteiger partial charge in [-0.2, -0.15) is 5.10 Å². The number of carbonyl (C=O) groups is 1. The van der Waals surface area contributed by atoms with Crippen LogP contribution in [0.4, 0.5) is 0 Å². The number of carbonyl (C=O) groups excluding carboxylic acids is 1. The summed E-state index contributed by atoms with van der Waals surface area (Å²) in [4.78, 5) is 15.9. The molecule has 0 unspecified atom stereocenters. The van der Waals surface area contributed by atoms with Gasteiger partial charge in [0.1, 0.15) is 5.75 Å². The van der Waals surface area contributed by atoms with Crippen molar-refractivity contribution >= 4 is 17.7 Å². The summed E-state index contributed by atoms with van der Waals surface area (Å²) in [5, 5.41) is 4.32. The number of hydrogen-bond acceptors (Lipinski definition) is 4. The smallest absolute Gasteiger partial charge is 0.264 e. The van der Waals surface area contributed by atoms with Gasteiger partial charge in [-0.25, -0.2) is 0 Å². The van der Waals surface area contributed by atoms with Crippen molar-refractivity contribution in [3.05, 3.63) is 42.7 Å². The fraction of sp³-hybridized carbons (Fsp3) is 0.412. The first kappa shape index (κ1) is 14.6. The van der Waals surface area contributed by atoms with E-state index in [4.69, 9.17) is 4.74 Å². The quantitative estimate of drug-likeness (QED) is 0.850. The Balaban J connectivity index is 1.45. The first-order valence-corrected chi connectivity index (χ1v) is 8.96. The lowest BCUT2D eigenvalue weighted by molar-refractivity contribution is -0.139. The highest BCUT2D eigenvalue weighted by atomic mass is 32.2. The molecule has 0 aliphatic carbocycles. The van der Waals surface area contributed by atoms with E-state index in [2.05, 4.69) is 5.10 Å². The molecule has 1 saturated heterocycles. The van der Waals surface area contributed by atoms with Gasteiger partial charge in [-0.1, -0.05) is 12.1 Å². The van der Waals surface area contributed by atoms with Crippen molar-refractivity contribution in [1.82, 2.24) is 14.7 Å². The highest BCUT2D eigenvalue weighted by Gasteiger charge is 2.33. The van der Waals surface area contributed by atoms with Crippen molar-refractivity contribution < 1.29 is 9.53 Å². The predicted molar refractivity (Wildman–Crippen MR) is 88.7 cm³/mol. The second kappa shape index (κ2) is 6.28. The molecule has 0 spiro atoms. The molecule has 0 N–H and O–H groups in total. The number of ether oxygens (including phenoxy) is 1. The lowest BCUT2D eigenvalue weighted by atomic mass is 10.1. The standard InChI is InChI=1S/C17H19N3O2S/c21-17(15-12-23-16-7-2-1-6-14(16)22-15)19-9-3-5-13(11-19)20-10-4-8-18-20/h1-2,4,6-8,10,13,15H,3,5,9,11-12H2/t13-,15+/m0/s1. The molecule has 1 fully saturated rings. The van der Waals surface area contributed by atoms with Crippen molar-refractivity contribution in [3.8, 4) is 5.75 Å².